The summed E-state index contributed by atoms with van der Waals surface area (Å²) in [5.74, 6) is 4.25. The summed E-state index contributed by atoms with van der Waals surface area (Å²) in [4.78, 5) is 4.73. The molecule has 0 atom stereocenters. The number of hydrogen-bond acceptors (Lipinski definition) is 4. The lowest BCUT2D eigenvalue weighted by Crippen LogP contribution is -1.94. The Balaban J connectivity index is 1.22. The van der Waals surface area contributed by atoms with Crippen molar-refractivity contribution in [3.63, 3.8) is 0 Å². The third-order valence-electron chi connectivity index (χ3n) is 7.10. The Bertz CT molecular complexity index is 2080. The third-order valence-corrected chi connectivity index (χ3v) is 7.10. The highest BCUT2D eigenvalue weighted by molar-refractivity contribution is 5.73. The van der Waals surface area contributed by atoms with Crippen molar-refractivity contribution in [3.05, 3.63) is 158 Å². The van der Waals surface area contributed by atoms with E-state index < -0.39 is 0 Å². The average Bonchev–Trinajstić information content (AvgIpc) is 3.52. The highest BCUT2D eigenvalue weighted by Gasteiger charge is 2.17. The van der Waals surface area contributed by atoms with Crippen molar-refractivity contribution in [2.24, 2.45) is 0 Å². The van der Waals surface area contributed by atoms with Crippen LogP contribution in [0.4, 0.5) is 5.69 Å². The molecule has 0 bridgehead atoms. The zero-order valence-electron chi connectivity index (χ0n) is 24.6. The standard InChI is InChI=1S/C39H29N3O3/c1-41-20-21-42(28-41)32-11-9-17-36(26-32)45-38-24-31(23-37(27-38)44-34-14-6-3-7-15-34)39-25-30(18-19-40-39)29-10-8-16-35(22-29)43-33-12-4-2-5-13-33/h2-27H,1H3/q+2. The van der Waals surface area contributed by atoms with Gasteiger partial charge >= 0.3 is 6.01 Å². The number of ether oxygens (including phenoxy) is 3. The quantitative estimate of drug-likeness (QED) is 0.158. The minimum absolute atomic E-state index is 0.628. The topological polar surface area (TPSA) is 46.6 Å². The predicted octanol–water partition coefficient (Wildman–Crippen LogP) is 9.74. The Morgan fingerprint density at radius 2 is 1.07 bits per heavy atom. The minimum Gasteiger partial charge on any atom is -0.457 e. The molecule has 216 valence electrons. The largest absolute Gasteiger partial charge is 0.495 e. The van der Waals surface area contributed by atoms with Gasteiger partial charge in [-0.15, -0.1) is 0 Å². The smallest absolute Gasteiger partial charge is 0.457 e. The van der Waals surface area contributed by atoms with Crippen molar-refractivity contribution in [2.75, 3.05) is 7.05 Å². The van der Waals surface area contributed by atoms with Gasteiger partial charge in [0, 0.05) is 23.9 Å². The molecule has 6 heteroatoms. The molecule has 0 unspecified atom stereocenters. The molecule has 1 aromatic heterocycles. The van der Waals surface area contributed by atoms with Crippen LogP contribution in [0.1, 0.15) is 0 Å². The summed E-state index contributed by atoms with van der Waals surface area (Å²) < 4.78 is 22.6. The molecule has 1 aliphatic rings. The van der Waals surface area contributed by atoms with Gasteiger partial charge in [-0.25, -0.2) is 0 Å². The van der Waals surface area contributed by atoms with Crippen LogP contribution in [0.3, 0.4) is 0 Å². The van der Waals surface area contributed by atoms with Crippen LogP contribution in [0.2, 0.25) is 0 Å². The monoisotopic (exact) mass is 587 g/mol. The molecule has 7 rings (SSSR count). The lowest BCUT2D eigenvalue weighted by Gasteiger charge is -2.13. The lowest BCUT2D eigenvalue weighted by atomic mass is 10.0. The minimum atomic E-state index is 0.628. The molecule has 0 aliphatic carbocycles. The first-order valence-electron chi connectivity index (χ1n) is 14.6. The Kier molecular flexibility index (Phi) is 7.70. The second kappa shape index (κ2) is 12.6. The highest BCUT2D eigenvalue weighted by atomic mass is 16.5. The maximum Gasteiger partial charge on any atom is 0.495 e. The van der Waals surface area contributed by atoms with Crippen molar-refractivity contribution in [2.45, 2.75) is 0 Å². The molecule has 0 N–H and O–H groups in total. The van der Waals surface area contributed by atoms with E-state index >= 15 is 0 Å². The number of benzene rings is 5. The first-order valence-corrected chi connectivity index (χ1v) is 14.6. The van der Waals surface area contributed by atoms with Gasteiger partial charge in [0.25, 0.3) is 6.20 Å². The molecule has 5 aromatic carbocycles. The second-order valence-electron chi connectivity index (χ2n) is 10.5. The molecule has 0 saturated heterocycles. The zero-order valence-corrected chi connectivity index (χ0v) is 24.6. The summed E-state index contributed by atoms with van der Waals surface area (Å²) in [5.41, 5.74) is 4.62. The van der Waals surface area contributed by atoms with Crippen LogP contribution in [0, 0.1) is 0 Å². The van der Waals surface area contributed by atoms with Gasteiger partial charge in [-0.3, -0.25) is 4.98 Å². The molecule has 0 radical (unpaired) electrons. The number of para-hydroxylation sites is 2. The number of rotatable bonds is 9. The molecule has 0 spiro atoms. The third kappa shape index (κ3) is 6.73. The van der Waals surface area contributed by atoms with Gasteiger partial charge in [0.15, 0.2) is 7.05 Å². The van der Waals surface area contributed by atoms with Crippen LogP contribution in [0.5, 0.6) is 34.5 Å². The van der Waals surface area contributed by atoms with Gasteiger partial charge in [-0.05, 0) is 77.9 Å². The van der Waals surface area contributed by atoms with Crippen molar-refractivity contribution in [1.29, 1.82) is 0 Å². The van der Waals surface area contributed by atoms with E-state index in [-0.39, 0.29) is 0 Å². The molecule has 2 heterocycles. The molecule has 45 heavy (non-hydrogen) atoms. The van der Waals surface area contributed by atoms with E-state index in [1.807, 2.05) is 162 Å². The van der Waals surface area contributed by atoms with Gasteiger partial charge in [-0.2, -0.15) is 0 Å². The highest BCUT2D eigenvalue weighted by Crippen LogP contribution is 2.36. The van der Waals surface area contributed by atoms with E-state index in [4.69, 9.17) is 19.2 Å². The van der Waals surface area contributed by atoms with E-state index in [1.54, 1.807) is 0 Å². The molecule has 0 amide bonds. The van der Waals surface area contributed by atoms with Crippen molar-refractivity contribution in [3.8, 4) is 56.9 Å². The van der Waals surface area contributed by atoms with Crippen LogP contribution in [-0.4, -0.2) is 27.2 Å². The molecule has 6 nitrogen and oxygen atoms in total. The van der Waals surface area contributed by atoms with Crippen LogP contribution < -0.4 is 14.2 Å². The molecular formula is C39H29N3O3+2. The predicted molar refractivity (Wildman–Crippen MR) is 175 cm³/mol. The van der Waals surface area contributed by atoms with Crippen molar-refractivity contribution in [1.82, 2.24) is 4.98 Å². The maximum atomic E-state index is 6.42. The van der Waals surface area contributed by atoms with E-state index in [0.29, 0.717) is 17.2 Å². The fourth-order valence-corrected chi connectivity index (χ4v) is 4.97. The van der Waals surface area contributed by atoms with Gasteiger partial charge in [-0.1, -0.05) is 63.7 Å². The second-order valence-corrected chi connectivity index (χ2v) is 10.5. The van der Waals surface area contributed by atoms with Crippen LogP contribution in [0.15, 0.2) is 158 Å². The van der Waals surface area contributed by atoms with Gasteiger partial charge in [0.1, 0.15) is 34.5 Å². The number of nitrogens with zero attached hydrogens (tertiary/aromatic N) is 3. The Labute approximate surface area is 261 Å². The van der Waals surface area contributed by atoms with E-state index in [9.17, 15) is 0 Å². The molecule has 0 saturated carbocycles. The van der Waals surface area contributed by atoms with Crippen LogP contribution in [-0.2, 0) is 0 Å². The summed E-state index contributed by atoms with van der Waals surface area (Å²) in [6.45, 7) is 0. The lowest BCUT2D eigenvalue weighted by molar-refractivity contribution is -0.429. The van der Waals surface area contributed by atoms with E-state index in [1.165, 1.54) is 0 Å². The fraction of sp³-hybridized carbons (Fsp3) is 0.0256. The number of aromatic nitrogens is 1. The van der Waals surface area contributed by atoms with Gasteiger partial charge in [0.2, 0.25) is 11.9 Å². The van der Waals surface area contributed by atoms with Crippen molar-refractivity contribution < 1.29 is 23.4 Å². The summed E-state index contributed by atoms with van der Waals surface area (Å²) >= 11 is 0. The number of pyridine rings is 1. The van der Waals surface area contributed by atoms with Crippen LogP contribution in [0.25, 0.3) is 22.4 Å². The normalized spacial score (nSPS) is 11.9. The Morgan fingerprint density at radius 1 is 0.489 bits per heavy atom. The van der Waals surface area contributed by atoms with Gasteiger partial charge in [0.05, 0.1) is 11.8 Å². The average molecular weight is 588 g/mol. The van der Waals surface area contributed by atoms with Crippen LogP contribution >= 0.6 is 0 Å². The number of hydrogen-bond donors (Lipinski definition) is 0. The van der Waals surface area contributed by atoms with E-state index in [0.717, 1.165) is 45.3 Å². The van der Waals surface area contributed by atoms with Gasteiger partial charge < -0.3 is 14.2 Å². The Hall–Kier alpha value is -6.23. The van der Waals surface area contributed by atoms with Crippen molar-refractivity contribution >= 4 is 11.7 Å². The summed E-state index contributed by atoms with van der Waals surface area (Å²) in [5, 5.41) is 0. The molecular weight excluding hydrogens is 558 g/mol. The molecule has 0 fully saturated rings. The molecule has 6 aromatic rings. The van der Waals surface area contributed by atoms with E-state index in [2.05, 4.69) is 18.1 Å². The summed E-state index contributed by atoms with van der Waals surface area (Å²) in [6.07, 6.45) is 5.71. The first kappa shape index (κ1) is 27.6. The fourth-order valence-electron chi connectivity index (χ4n) is 4.97. The summed E-state index contributed by atoms with van der Waals surface area (Å²) in [7, 11) is 1.94. The maximum absolute atomic E-state index is 6.42. The molecule has 1 aliphatic heterocycles. The zero-order chi connectivity index (χ0) is 30.4. The Morgan fingerprint density at radius 3 is 1.76 bits per heavy atom. The first-order chi connectivity index (χ1) is 22.1. The SMILES string of the molecule is C[N+]1=C=[N+](c2cccc(Oc3cc(Oc4ccccc4)cc(-c4cc(-c5cccc(Oc6ccccc6)c5)ccn4)c3)c2)C=C1. The summed E-state index contributed by atoms with van der Waals surface area (Å²) in [6, 6.07) is 48.5.